The number of carbonyl (C=O) groups excluding carboxylic acids is 1. The number of benzene rings is 2. The average molecular weight is 659 g/mol. The molecule has 5 rings (SSSR count). The molecule has 1 aromatic heterocycles. The van der Waals surface area contributed by atoms with Gasteiger partial charge < -0.3 is 19.3 Å². The molecule has 0 spiro atoms. The third kappa shape index (κ3) is 7.64. The van der Waals surface area contributed by atoms with Crippen LogP contribution in [-0.4, -0.2) is 66.4 Å². The molecule has 2 aromatic carbocycles. The normalized spacial score (nSPS) is 22.1. The number of hydrogen-bond acceptors (Lipinski definition) is 9. The van der Waals surface area contributed by atoms with E-state index in [2.05, 4.69) is 11.9 Å². The molecular weight excluding hydrogens is 613 g/mol. The van der Waals surface area contributed by atoms with E-state index in [0.29, 0.717) is 17.7 Å². The van der Waals surface area contributed by atoms with Gasteiger partial charge in [-0.25, -0.2) is 18.2 Å². The Labute approximate surface area is 270 Å². The van der Waals surface area contributed by atoms with Crippen molar-refractivity contribution in [3.8, 4) is 5.75 Å². The van der Waals surface area contributed by atoms with E-state index in [-0.39, 0.29) is 23.9 Å². The number of amides is 1. The first-order chi connectivity index (χ1) is 21.8. The number of hydrogen-bond donors (Lipinski definition) is 1. The number of nitrogens with zero attached hydrogens (tertiary/aromatic N) is 2. The second-order valence-corrected chi connectivity index (χ2v) is 15.6. The Morgan fingerprint density at radius 1 is 1.00 bits per heavy atom. The van der Waals surface area contributed by atoms with Crippen molar-refractivity contribution in [1.82, 2.24) is 9.88 Å². The van der Waals surface area contributed by atoms with Crippen LogP contribution in [0, 0.1) is 0 Å². The molecule has 3 aromatic rings. The van der Waals surface area contributed by atoms with Crippen molar-refractivity contribution in [2.24, 2.45) is 0 Å². The zero-order chi connectivity index (χ0) is 31.9. The molecular formula is C34H46N2O7S2. The predicted octanol–water partition coefficient (Wildman–Crippen LogP) is 7.26. The van der Waals surface area contributed by atoms with Crippen molar-refractivity contribution in [2.45, 2.75) is 118 Å². The molecule has 0 radical (unpaired) electrons. The Bertz CT molecular complexity index is 1480. The Morgan fingerprint density at radius 3 is 2.29 bits per heavy atom. The molecule has 4 atom stereocenters. The Balaban J connectivity index is 1.29. The van der Waals surface area contributed by atoms with E-state index < -0.39 is 39.1 Å². The summed E-state index contributed by atoms with van der Waals surface area (Å²) in [5, 5.41) is 10.7. The van der Waals surface area contributed by atoms with Crippen molar-refractivity contribution < 1.29 is 32.5 Å². The zero-order valence-electron chi connectivity index (χ0n) is 26.4. The Hall–Kier alpha value is -2.73. The van der Waals surface area contributed by atoms with Gasteiger partial charge in [-0.1, -0.05) is 102 Å². The monoisotopic (exact) mass is 658 g/mol. The number of aromatic nitrogens is 1. The highest BCUT2D eigenvalue weighted by Crippen LogP contribution is 2.44. The Morgan fingerprint density at radius 2 is 1.64 bits per heavy atom. The van der Waals surface area contributed by atoms with Gasteiger partial charge in [-0.3, -0.25) is 4.90 Å². The quantitative estimate of drug-likeness (QED) is 0.142. The van der Waals surface area contributed by atoms with Crippen molar-refractivity contribution in [3.05, 3.63) is 54.1 Å². The molecule has 246 valence electrons. The van der Waals surface area contributed by atoms with E-state index >= 15 is 0 Å². The third-order valence-electron chi connectivity index (χ3n) is 9.04. The maximum Gasteiger partial charge on any atom is 0.411 e. The first kappa shape index (κ1) is 33.6. The molecule has 1 N–H and O–H groups in total. The fourth-order valence-electron chi connectivity index (χ4n) is 6.45. The van der Waals surface area contributed by atoms with Crippen LogP contribution in [-0.2, 0) is 25.9 Å². The minimum atomic E-state index is -4.15. The lowest BCUT2D eigenvalue weighted by atomic mass is 9.97. The number of para-hydroxylation sites is 1. The second-order valence-electron chi connectivity index (χ2n) is 12.2. The van der Waals surface area contributed by atoms with Crippen LogP contribution in [0.5, 0.6) is 5.75 Å². The number of methoxy groups -OCH3 is 1. The largest absolute Gasteiger partial charge is 0.497 e. The van der Waals surface area contributed by atoms with Crippen molar-refractivity contribution in [1.29, 1.82) is 0 Å². The van der Waals surface area contributed by atoms with Crippen LogP contribution < -0.4 is 4.74 Å². The van der Waals surface area contributed by atoms with E-state index in [4.69, 9.17) is 14.2 Å². The lowest BCUT2D eigenvalue weighted by Gasteiger charge is -2.33. The van der Waals surface area contributed by atoms with E-state index in [0.717, 1.165) is 40.9 Å². The summed E-state index contributed by atoms with van der Waals surface area (Å²) in [5.74, 6) is -1.51. The van der Waals surface area contributed by atoms with Gasteiger partial charge in [0.25, 0.3) is 0 Å². The molecule has 2 aliphatic rings. The molecule has 0 bridgehead atoms. The number of aliphatic hydroxyl groups is 1. The summed E-state index contributed by atoms with van der Waals surface area (Å²) in [7, 11) is -2.56. The Kier molecular flexibility index (Phi) is 11.4. The standard InChI is InChI=1S/C34H46N2O7S2/c1-3-4-5-6-7-8-9-10-11-12-13-18-30(45(39,40)32-35-27-16-14-15-17-29(27)44-32)34(38)31-28(24-42-34)36(33(37)43-31)23-25-19-21-26(41-2)22-20-25/h14-17,19-22,28,30-31,38H,3-13,18,23-24H2,1-2H3/t28-,30?,31-,34?/m0/s1. The van der Waals surface area contributed by atoms with E-state index in [9.17, 15) is 18.3 Å². The van der Waals surface area contributed by atoms with Crippen molar-refractivity contribution in [3.63, 3.8) is 0 Å². The summed E-state index contributed by atoms with van der Waals surface area (Å²) in [6.07, 6.45) is 10.8. The molecule has 9 nitrogen and oxygen atoms in total. The smallest absolute Gasteiger partial charge is 0.411 e. The van der Waals surface area contributed by atoms with Crippen LogP contribution in [0.15, 0.2) is 52.9 Å². The van der Waals surface area contributed by atoms with Crippen LogP contribution in [0.2, 0.25) is 0 Å². The minimum absolute atomic E-state index is 0.0345. The molecule has 0 aliphatic carbocycles. The van der Waals surface area contributed by atoms with Gasteiger partial charge in [-0.2, -0.15) is 0 Å². The highest BCUT2D eigenvalue weighted by Gasteiger charge is 2.65. The molecule has 2 fully saturated rings. The predicted molar refractivity (Wildman–Crippen MR) is 175 cm³/mol. The molecule has 0 saturated carbocycles. The summed E-state index contributed by atoms with van der Waals surface area (Å²) in [6.45, 7) is 2.42. The number of carbonyl (C=O) groups is 1. The number of fused-ring (bicyclic) bond motifs is 2. The minimum Gasteiger partial charge on any atom is -0.497 e. The van der Waals surface area contributed by atoms with Crippen LogP contribution >= 0.6 is 11.3 Å². The summed E-state index contributed by atoms with van der Waals surface area (Å²) < 4.78 is 46.1. The number of rotatable bonds is 18. The van der Waals surface area contributed by atoms with Gasteiger partial charge in [0.2, 0.25) is 20.0 Å². The lowest BCUT2D eigenvalue weighted by Crippen LogP contribution is -2.55. The first-order valence-corrected chi connectivity index (χ1v) is 18.7. The average Bonchev–Trinajstić information content (AvgIpc) is 3.72. The summed E-state index contributed by atoms with van der Waals surface area (Å²) >= 11 is 1.09. The molecule has 1 amide bonds. The van der Waals surface area contributed by atoms with Crippen LogP contribution in [0.4, 0.5) is 4.79 Å². The number of sulfone groups is 1. The van der Waals surface area contributed by atoms with Gasteiger partial charge in [-0.15, -0.1) is 11.3 Å². The van der Waals surface area contributed by atoms with Gasteiger partial charge in [0, 0.05) is 6.54 Å². The van der Waals surface area contributed by atoms with Gasteiger partial charge in [0.1, 0.15) is 17.0 Å². The highest BCUT2D eigenvalue weighted by atomic mass is 32.2. The summed E-state index contributed by atoms with van der Waals surface area (Å²) in [6, 6.07) is 14.0. The molecule has 2 unspecified atom stereocenters. The van der Waals surface area contributed by atoms with E-state index in [1.807, 2.05) is 42.5 Å². The fraction of sp³-hybridized carbons (Fsp3) is 0.588. The number of unbranched alkanes of at least 4 members (excludes halogenated alkanes) is 10. The first-order valence-electron chi connectivity index (χ1n) is 16.3. The zero-order valence-corrected chi connectivity index (χ0v) is 28.0. The summed E-state index contributed by atoms with van der Waals surface area (Å²) in [5.41, 5.74) is 1.44. The second kappa shape index (κ2) is 15.2. The van der Waals surface area contributed by atoms with Gasteiger partial charge >= 0.3 is 6.09 Å². The van der Waals surface area contributed by atoms with Crippen LogP contribution in [0.1, 0.15) is 89.5 Å². The molecule has 11 heteroatoms. The van der Waals surface area contributed by atoms with Crippen molar-refractivity contribution >= 4 is 37.5 Å². The van der Waals surface area contributed by atoms with E-state index in [1.165, 1.54) is 49.8 Å². The van der Waals surface area contributed by atoms with Gasteiger partial charge in [0.15, 0.2) is 6.10 Å². The van der Waals surface area contributed by atoms with Crippen LogP contribution in [0.25, 0.3) is 10.2 Å². The highest BCUT2D eigenvalue weighted by molar-refractivity contribution is 7.94. The van der Waals surface area contributed by atoms with E-state index in [1.54, 1.807) is 13.2 Å². The molecule has 2 saturated heterocycles. The topological polar surface area (TPSA) is 115 Å². The third-order valence-corrected chi connectivity index (χ3v) is 12.7. The SMILES string of the molecule is CCCCCCCCCCCCCC(C1(O)OC[C@H]2[C@@H]1OC(=O)N2Cc1ccc(OC)cc1)S(=O)(=O)c1nc2ccccc2s1. The lowest BCUT2D eigenvalue weighted by molar-refractivity contribution is -0.211. The maximum atomic E-state index is 14.3. The van der Waals surface area contributed by atoms with Crippen LogP contribution in [0.3, 0.4) is 0 Å². The molecule has 45 heavy (non-hydrogen) atoms. The maximum absolute atomic E-state index is 14.3. The number of ether oxygens (including phenoxy) is 3. The van der Waals surface area contributed by atoms with Crippen molar-refractivity contribution in [2.75, 3.05) is 13.7 Å². The van der Waals surface area contributed by atoms with Gasteiger partial charge in [0.05, 0.1) is 23.9 Å². The summed E-state index contributed by atoms with van der Waals surface area (Å²) in [4.78, 5) is 19.0. The molecule has 2 aliphatic heterocycles. The number of thiazole rings is 1. The molecule has 3 heterocycles. The fourth-order valence-corrected chi connectivity index (χ4v) is 9.82. The van der Waals surface area contributed by atoms with Gasteiger partial charge in [-0.05, 0) is 36.2 Å².